The summed E-state index contributed by atoms with van der Waals surface area (Å²) in [4.78, 5) is 23.3. The number of anilines is 2. The van der Waals surface area contributed by atoms with Crippen LogP contribution in [0, 0.1) is 0 Å². The lowest BCUT2D eigenvalue weighted by atomic mass is 10.1. The van der Waals surface area contributed by atoms with Crippen LogP contribution in [0.1, 0.15) is 15.9 Å². The number of carbonyl (C=O) groups is 2. The highest BCUT2D eigenvalue weighted by Crippen LogP contribution is 2.31. The normalized spacial score (nSPS) is 13.5. The molecule has 3 rings (SSSR count). The molecule has 0 saturated carbocycles. The average Bonchev–Trinajstić information content (AvgIpc) is 2.54. The van der Waals surface area contributed by atoms with Crippen molar-refractivity contribution < 1.29 is 27.5 Å². The third-order valence-electron chi connectivity index (χ3n) is 3.32. The van der Waals surface area contributed by atoms with Gasteiger partial charge in [-0.2, -0.15) is 13.2 Å². The zero-order valence-corrected chi connectivity index (χ0v) is 12.1. The van der Waals surface area contributed by atoms with Gasteiger partial charge in [-0.3, -0.25) is 9.59 Å². The minimum absolute atomic E-state index is 0.114. The lowest BCUT2D eigenvalue weighted by molar-refractivity contribution is -0.137. The number of alkyl halides is 3. The van der Waals surface area contributed by atoms with Crippen molar-refractivity contribution in [1.29, 1.82) is 0 Å². The molecule has 2 aromatic rings. The Hall–Kier alpha value is -3.03. The number of rotatable bonds is 2. The van der Waals surface area contributed by atoms with E-state index in [1.807, 2.05) is 0 Å². The summed E-state index contributed by atoms with van der Waals surface area (Å²) in [5.74, 6) is -0.597. The van der Waals surface area contributed by atoms with Crippen molar-refractivity contribution in [3.8, 4) is 5.75 Å². The Balaban J connectivity index is 1.79. The fourth-order valence-electron chi connectivity index (χ4n) is 2.19. The van der Waals surface area contributed by atoms with Gasteiger partial charge < -0.3 is 15.4 Å². The molecule has 0 aliphatic carbocycles. The van der Waals surface area contributed by atoms with Gasteiger partial charge in [-0.25, -0.2) is 0 Å². The van der Waals surface area contributed by atoms with E-state index in [0.29, 0.717) is 17.1 Å². The number of amides is 2. The van der Waals surface area contributed by atoms with Crippen LogP contribution < -0.4 is 15.4 Å². The molecule has 1 aliphatic heterocycles. The molecule has 2 aromatic carbocycles. The fraction of sp³-hybridized carbons (Fsp3) is 0.125. The zero-order valence-electron chi connectivity index (χ0n) is 12.1. The Kier molecular flexibility index (Phi) is 3.88. The topological polar surface area (TPSA) is 67.4 Å². The second-order valence-corrected chi connectivity index (χ2v) is 5.08. The molecule has 0 spiro atoms. The van der Waals surface area contributed by atoms with Gasteiger partial charge >= 0.3 is 6.18 Å². The minimum atomic E-state index is -4.52. The molecule has 0 bridgehead atoms. The van der Waals surface area contributed by atoms with Crippen molar-refractivity contribution in [2.75, 3.05) is 17.2 Å². The molecule has 1 heterocycles. The summed E-state index contributed by atoms with van der Waals surface area (Å²) in [6.07, 6.45) is -4.52. The fourth-order valence-corrected chi connectivity index (χ4v) is 2.19. The average molecular weight is 336 g/mol. The Morgan fingerprint density at radius 2 is 1.96 bits per heavy atom. The third kappa shape index (κ3) is 3.32. The minimum Gasteiger partial charge on any atom is -0.482 e. The molecule has 2 N–H and O–H groups in total. The Morgan fingerprint density at radius 3 is 2.71 bits per heavy atom. The molecular weight excluding hydrogens is 325 g/mol. The molecule has 2 amide bonds. The van der Waals surface area contributed by atoms with E-state index in [1.165, 1.54) is 30.3 Å². The van der Waals surface area contributed by atoms with E-state index in [-0.39, 0.29) is 18.1 Å². The van der Waals surface area contributed by atoms with E-state index < -0.39 is 17.6 Å². The van der Waals surface area contributed by atoms with Crippen LogP contribution >= 0.6 is 0 Å². The Labute approximate surface area is 134 Å². The predicted molar refractivity (Wildman–Crippen MR) is 80.0 cm³/mol. The number of ether oxygens (including phenoxy) is 1. The molecule has 0 unspecified atom stereocenters. The lowest BCUT2D eigenvalue weighted by Gasteiger charge is -2.18. The number of nitrogens with one attached hydrogen (secondary N) is 2. The van der Waals surface area contributed by atoms with E-state index in [4.69, 9.17) is 4.74 Å². The Morgan fingerprint density at radius 1 is 1.17 bits per heavy atom. The van der Waals surface area contributed by atoms with E-state index in [0.717, 1.165) is 12.1 Å². The number of carbonyl (C=O) groups excluding carboxylic acids is 2. The quantitative estimate of drug-likeness (QED) is 0.884. The van der Waals surface area contributed by atoms with Crippen molar-refractivity contribution in [1.82, 2.24) is 0 Å². The summed E-state index contributed by atoms with van der Waals surface area (Å²) >= 11 is 0. The SMILES string of the molecule is O=C1COc2cc(NC(=O)c3cccc(C(F)(F)F)c3)ccc2N1. The third-order valence-corrected chi connectivity index (χ3v) is 3.32. The van der Waals surface area contributed by atoms with Crippen molar-refractivity contribution in [2.24, 2.45) is 0 Å². The van der Waals surface area contributed by atoms with Gasteiger partial charge in [0.2, 0.25) is 0 Å². The van der Waals surface area contributed by atoms with E-state index in [2.05, 4.69) is 10.6 Å². The lowest BCUT2D eigenvalue weighted by Crippen LogP contribution is -2.25. The highest BCUT2D eigenvalue weighted by molar-refractivity contribution is 6.05. The number of benzene rings is 2. The maximum absolute atomic E-state index is 12.7. The zero-order chi connectivity index (χ0) is 17.3. The van der Waals surface area contributed by atoms with Crippen molar-refractivity contribution >= 4 is 23.2 Å². The summed E-state index contributed by atoms with van der Waals surface area (Å²) in [5, 5.41) is 5.09. The second kappa shape index (κ2) is 5.88. The van der Waals surface area contributed by atoms with Crippen LogP contribution in [0.3, 0.4) is 0 Å². The van der Waals surface area contributed by atoms with Gasteiger partial charge in [0.05, 0.1) is 11.3 Å². The first kappa shape index (κ1) is 15.9. The molecule has 8 heteroatoms. The molecule has 124 valence electrons. The smallest absolute Gasteiger partial charge is 0.416 e. The van der Waals surface area contributed by atoms with Crippen LogP contribution in [0.4, 0.5) is 24.5 Å². The molecule has 0 saturated heterocycles. The van der Waals surface area contributed by atoms with Gasteiger partial charge in [-0.1, -0.05) is 6.07 Å². The first-order valence-corrected chi connectivity index (χ1v) is 6.88. The van der Waals surface area contributed by atoms with Crippen molar-refractivity contribution in [3.05, 3.63) is 53.6 Å². The van der Waals surface area contributed by atoms with Gasteiger partial charge in [-0.05, 0) is 30.3 Å². The highest BCUT2D eigenvalue weighted by atomic mass is 19.4. The molecule has 0 atom stereocenters. The monoisotopic (exact) mass is 336 g/mol. The molecule has 1 aliphatic rings. The van der Waals surface area contributed by atoms with Gasteiger partial charge in [0.1, 0.15) is 5.75 Å². The summed E-state index contributed by atoms with van der Waals surface area (Å²) < 4.78 is 43.3. The maximum Gasteiger partial charge on any atom is 0.416 e. The standard InChI is InChI=1S/C16H11F3N2O3/c17-16(18,19)10-3-1-2-9(6-10)15(23)20-11-4-5-12-13(7-11)24-8-14(22)21-12/h1-7H,8H2,(H,20,23)(H,21,22). The van der Waals surface area contributed by atoms with E-state index in [9.17, 15) is 22.8 Å². The van der Waals surface area contributed by atoms with Crippen LogP contribution in [-0.4, -0.2) is 18.4 Å². The molecule has 5 nitrogen and oxygen atoms in total. The van der Waals surface area contributed by atoms with Gasteiger partial charge in [0.25, 0.3) is 11.8 Å². The van der Waals surface area contributed by atoms with Crippen LogP contribution in [0.5, 0.6) is 5.75 Å². The number of hydrogen-bond donors (Lipinski definition) is 2. The molecule has 0 radical (unpaired) electrons. The summed E-state index contributed by atoms with van der Waals surface area (Å²) in [5.41, 5.74) is -0.209. The van der Waals surface area contributed by atoms with Crippen molar-refractivity contribution in [3.63, 3.8) is 0 Å². The Bertz CT molecular complexity index is 818. The van der Waals surface area contributed by atoms with Crippen molar-refractivity contribution in [2.45, 2.75) is 6.18 Å². The molecule has 24 heavy (non-hydrogen) atoms. The van der Waals surface area contributed by atoms with Crippen LogP contribution in [-0.2, 0) is 11.0 Å². The predicted octanol–water partition coefficient (Wildman–Crippen LogP) is 3.29. The number of hydrogen-bond acceptors (Lipinski definition) is 3. The van der Waals surface area contributed by atoms with E-state index >= 15 is 0 Å². The van der Waals surface area contributed by atoms with Crippen LogP contribution in [0.25, 0.3) is 0 Å². The highest BCUT2D eigenvalue weighted by Gasteiger charge is 2.30. The second-order valence-electron chi connectivity index (χ2n) is 5.08. The first-order valence-electron chi connectivity index (χ1n) is 6.88. The van der Waals surface area contributed by atoms with Gasteiger partial charge in [-0.15, -0.1) is 0 Å². The number of fused-ring (bicyclic) bond motifs is 1. The summed E-state index contributed by atoms with van der Waals surface area (Å²) in [7, 11) is 0. The van der Waals surface area contributed by atoms with Gasteiger partial charge in [0.15, 0.2) is 6.61 Å². The van der Waals surface area contributed by atoms with Gasteiger partial charge in [0, 0.05) is 17.3 Å². The number of halogens is 3. The van der Waals surface area contributed by atoms with E-state index in [1.54, 1.807) is 0 Å². The molecular formula is C16H11F3N2O3. The first-order chi connectivity index (χ1) is 11.3. The summed E-state index contributed by atoms with van der Waals surface area (Å²) in [6.45, 7) is -0.141. The van der Waals surface area contributed by atoms with Crippen LogP contribution in [0.2, 0.25) is 0 Å². The molecule has 0 aromatic heterocycles. The summed E-state index contributed by atoms with van der Waals surface area (Å²) in [6, 6.07) is 8.67. The molecule has 0 fully saturated rings. The van der Waals surface area contributed by atoms with Crippen LogP contribution in [0.15, 0.2) is 42.5 Å². The maximum atomic E-state index is 12.7. The largest absolute Gasteiger partial charge is 0.482 e.